The number of nitrogens with zero attached hydrogens (tertiary/aromatic N) is 2. The number of hydrogen-bond donors (Lipinski definition) is 1. The molecular weight excluding hydrogens is 290 g/mol. The van der Waals surface area contributed by atoms with Crippen molar-refractivity contribution in [2.75, 3.05) is 0 Å². The van der Waals surface area contributed by atoms with E-state index in [1.165, 1.54) is 0 Å². The van der Waals surface area contributed by atoms with Gasteiger partial charge in [0.05, 0.1) is 0 Å². The molecule has 1 aromatic rings. The van der Waals surface area contributed by atoms with Crippen molar-refractivity contribution in [1.29, 1.82) is 0 Å². The number of aromatic nitrogens is 1. The van der Waals surface area contributed by atoms with Crippen molar-refractivity contribution < 1.29 is 9.59 Å². The Morgan fingerprint density at radius 1 is 1.38 bits per heavy atom. The summed E-state index contributed by atoms with van der Waals surface area (Å²) in [6.45, 7) is 0.490. The Balaban J connectivity index is 1.61. The molecule has 6 heteroatoms. The van der Waals surface area contributed by atoms with Gasteiger partial charge in [0, 0.05) is 37.7 Å². The summed E-state index contributed by atoms with van der Waals surface area (Å²) in [5.41, 5.74) is 0.933. The Morgan fingerprint density at radius 2 is 2.19 bits per heavy atom. The molecule has 2 heterocycles. The number of carbonyl (C=O) groups excluding carboxylic acids is 2. The van der Waals surface area contributed by atoms with E-state index < -0.39 is 0 Å². The van der Waals surface area contributed by atoms with E-state index in [2.05, 4.69) is 10.3 Å². The summed E-state index contributed by atoms with van der Waals surface area (Å²) in [6.07, 6.45) is 5.49. The molecule has 112 valence electrons. The molecule has 0 bridgehead atoms. The van der Waals surface area contributed by atoms with E-state index in [0.717, 1.165) is 24.8 Å². The van der Waals surface area contributed by atoms with Crippen LogP contribution in [0.3, 0.4) is 0 Å². The first-order valence-corrected chi connectivity index (χ1v) is 7.69. The molecule has 1 saturated carbocycles. The molecule has 1 saturated heterocycles. The number of carbonyl (C=O) groups is 2. The average Bonchev–Trinajstić information content (AvgIpc) is 3.20. The van der Waals surface area contributed by atoms with Gasteiger partial charge in [-0.25, -0.2) is 4.98 Å². The van der Waals surface area contributed by atoms with Gasteiger partial charge in [-0.2, -0.15) is 0 Å². The van der Waals surface area contributed by atoms with Gasteiger partial charge in [-0.3, -0.25) is 9.59 Å². The van der Waals surface area contributed by atoms with Crippen molar-refractivity contribution in [1.82, 2.24) is 15.2 Å². The van der Waals surface area contributed by atoms with E-state index in [1.807, 2.05) is 6.07 Å². The highest BCUT2D eigenvalue weighted by Crippen LogP contribution is 2.25. The highest BCUT2D eigenvalue weighted by molar-refractivity contribution is 6.29. The molecule has 0 spiro atoms. The van der Waals surface area contributed by atoms with E-state index >= 15 is 0 Å². The summed E-state index contributed by atoms with van der Waals surface area (Å²) >= 11 is 5.76. The number of rotatable bonds is 5. The third kappa shape index (κ3) is 3.73. The number of halogens is 1. The van der Waals surface area contributed by atoms with Crippen molar-refractivity contribution in [2.45, 2.75) is 50.7 Å². The predicted octanol–water partition coefficient (Wildman–Crippen LogP) is 1.89. The molecule has 1 aromatic heterocycles. The van der Waals surface area contributed by atoms with Crippen LogP contribution in [0, 0.1) is 0 Å². The number of likely N-dealkylation sites (tertiary alicyclic amines) is 1. The Labute approximate surface area is 128 Å². The van der Waals surface area contributed by atoms with Crippen molar-refractivity contribution in [3.05, 3.63) is 29.0 Å². The van der Waals surface area contributed by atoms with Crippen LogP contribution < -0.4 is 5.32 Å². The van der Waals surface area contributed by atoms with E-state index in [1.54, 1.807) is 17.2 Å². The topological polar surface area (TPSA) is 62.3 Å². The van der Waals surface area contributed by atoms with E-state index in [9.17, 15) is 9.59 Å². The van der Waals surface area contributed by atoms with Crippen molar-refractivity contribution in [2.24, 2.45) is 0 Å². The third-order valence-corrected chi connectivity index (χ3v) is 4.18. The molecule has 1 atom stereocenters. The minimum atomic E-state index is -0.00747. The molecule has 2 aliphatic rings. The SMILES string of the molecule is O=C(CC1CCC(=O)N1Cc1ccc(Cl)nc1)NC1CC1. The predicted molar refractivity (Wildman–Crippen MR) is 78.6 cm³/mol. The zero-order valence-corrected chi connectivity index (χ0v) is 12.5. The van der Waals surface area contributed by atoms with Gasteiger partial charge in [0.25, 0.3) is 0 Å². The Morgan fingerprint density at radius 3 is 2.86 bits per heavy atom. The van der Waals surface area contributed by atoms with Gasteiger partial charge < -0.3 is 10.2 Å². The zero-order valence-electron chi connectivity index (χ0n) is 11.7. The first-order chi connectivity index (χ1) is 10.1. The van der Waals surface area contributed by atoms with Crippen molar-refractivity contribution >= 4 is 23.4 Å². The Hall–Kier alpha value is -1.62. The lowest BCUT2D eigenvalue weighted by atomic mass is 10.1. The van der Waals surface area contributed by atoms with E-state index in [4.69, 9.17) is 11.6 Å². The quantitative estimate of drug-likeness (QED) is 0.845. The fourth-order valence-corrected chi connectivity index (χ4v) is 2.76. The van der Waals surface area contributed by atoms with Gasteiger partial charge in [0.2, 0.25) is 11.8 Å². The molecule has 21 heavy (non-hydrogen) atoms. The van der Waals surface area contributed by atoms with Crippen LogP contribution in [0.1, 0.15) is 37.7 Å². The molecule has 2 amide bonds. The zero-order chi connectivity index (χ0) is 14.8. The van der Waals surface area contributed by atoms with Crippen LogP contribution in [0.5, 0.6) is 0 Å². The number of pyridine rings is 1. The molecule has 1 N–H and O–H groups in total. The number of hydrogen-bond acceptors (Lipinski definition) is 3. The summed E-state index contributed by atoms with van der Waals surface area (Å²) in [7, 11) is 0. The van der Waals surface area contributed by atoms with Crippen LogP contribution in [0.15, 0.2) is 18.3 Å². The third-order valence-electron chi connectivity index (χ3n) is 3.96. The van der Waals surface area contributed by atoms with Crippen molar-refractivity contribution in [3.63, 3.8) is 0 Å². The van der Waals surface area contributed by atoms with E-state index in [-0.39, 0.29) is 17.9 Å². The summed E-state index contributed by atoms with van der Waals surface area (Å²) in [5.74, 6) is 0.158. The van der Waals surface area contributed by atoms with Crippen LogP contribution in [0.2, 0.25) is 5.15 Å². The summed E-state index contributed by atoms with van der Waals surface area (Å²) in [6, 6.07) is 3.93. The van der Waals surface area contributed by atoms with Crippen LogP contribution in [0.4, 0.5) is 0 Å². The molecule has 0 aromatic carbocycles. The normalized spacial score (nSPS) is 21.7. The maximum atomic E-state index is 12.0. The molecular formula is C15H18ClN3O2. The van der Waals surface area contributed by atoms with Gasteiger partial charge in [0.15, 0.2) is 0 Å². The van der Waals surface area contributed by atoms with Gasteiger partial charge in [0.1, 0.15) is 5.15 Å². The van der Waals surface area contributed by atoms with Crippen LogP contribution >= 0.6 is 11.6 Å². The number of amides is 2. The minimum absolute atomic E-state index is 0.00747. The van der Waals surface area contributed by atoms with Gasteiger partial charge in [-0.1, -0.05) is 17.7 Å². The van der Waals surface area contributed by atoms with Gasteiger partial charge in [-0.05, 0) is 30.9 Å². The fraction of sp³-hybridized carbons (Fsp3) is 0.533. The lowest BCUT2D eigenvalue weighted by Crippen LogP contribution is -2.37. The van der Waals surface area contributed by atoms with Gasteiger partial charge >= 0.3 is 0 Å². The second-order valence-electron chi connectivity index (χ2n) is 5.75. The minimum Gasteiger partial charge on any atom is -0.353 e. The maximum Gasteiger partial charge on any atom is 0.223 e. The lowest BCUT2D eigenvalue weighted by molar-refractivity contribution is -0.130. The second kappa shape index (κ2) is 6.02. The van der Waals surface area contributed by atoms with E-state index in [0.29, 0.717) is 30.6 Å². The Bertz CT molecular complexity index is 542. The van der Waals surface area contributed by atoms with Crippen LogP contribution in [0.25, 0.3) is 0 Å². The first-order valence-electron chi connectivity index (χ1n) is 7.31. The molecule has 5 nitrogen and oxygen atoms in total. The molecule has 2 fully saturated rings. The highest BCUT2D eigenvalue weighted by Gasteiger charge is 2.33. The average molecular weight is 308 g/mol. The van der Waals surface area contributed by atoms with Crippen molar-refractivity contribution in [3.8, 4) is 0 Å². The summed E-state index contributed by atoms with van der Waals surface area (Å²) in [4.78, 5) is 29.8. The Kier molecular flexibility index (Phi) is 4.10. The molecule has 0 radical (unpaired) electrons. The van der Waals surface area contributed by atoms with Gasteiger partial charge in [-0.15, -0.1) is 0 Å². The lowest BCUT2D eigenvalue weighted by Gasteiger charge is -2.24. The monoisotopic (exact) mass is 307 g/mol. The smallest absolute Gasteiger partial charge is 0.223 e. The first kappa shape index (κ1) is 14.3. The molecule has 1 unspecified atom stereocenters. The fourth-order valence-electron chi connectivity index (χ4n) is 2.65. The molecule has 3 rings (SSSR count). The number of nitrogens with one attached hydrogen (secondary N) is 1. The second-order valence-corrected chi connectivity index (χ2v) is 6.14. The maximum absolute atomic E-state index is 12.0. The standard InChI is InChI=1S/C15H18ClN3O2/c16-13-5-1-10(8-17-13)9-19-12(4-6-15(19)21)7-14(20)18-11-2-3-11/h1,5,8,11-12H,2-4,6-7,9H2,(H,18,20). The summed E-state index contributed by atoms with van der Waals surface area (Å²) in [5, 5.41) is 3.42. The molecule has 1 aliphatic heterocycles. The van der Waals surface area contributed by atoms with Crippen LogP contribution in [-0.2, 0) is 16.1 Å². The van der Waals surface area contributed by atoms with Crippen LogP contribution in [-0.4, -0.2) is 33.8 Å². The largest absolute Gasteiger partial charge is 0.353 e. The highest BCUT2D eigenvalue weighted by atomic mass is 35.5. The summed E-state index contributed by atoms with van der Waals surface area (Å²) < 4.78 is 0. The molecule has 1 aliphatic carbocycles.